The quantitative estimate of drug-likeness (QED) is 0.106. The zero-order chi connectivity index (χ0) is 44.3. The van der Waals surface area contributed by atoms with Gasteiger partial charge >= 0.3 is 12.2 Å². The molecule has 2 bridgehead atoms. The van der Waals surface area contributed by atoms with Crippen molar-refractivity contribution < 1.29 is 28.7 Å². The minimum Gasteiger partial charge on any atom is -0.453 e. The first-order valence-corrected chi connectivity index (χ1v) is 22.3. The molecule has 5 aromatic carbocycles. The van der Waals surface area contributed by atoms with E-state index in [1.807, 2.05) is 82.7 Å². The van der Waals surface area contributed by atoms with Gasteiger partial charge in [-0.2, -0.15) is 0 Å². The second-order valence-corrected chi connectivity index (χ2v) is 17.7. The molecule has 2 saturated heterocycles. The van der Waals surface area contributed by atoms with Crippen LogP contribution in [0.25, 0.3) is 44.2 Å². The number of nitrogens with one attached hydrogen (secondary N) is 4. The van der Waals surface area contributed by atoms with Crippen molar-refractivity contribution in [1.82, 2.24) is 40.4 Å². The number of methoxy groups -OCH3 is 2. The van der Waals surface area contributed by atoms with E-state index in [-0.39, 0.29) is 41.9 Å². The van der Waals surface area contributed by atoms with Crippen LogP contribution in [0.15, 0.2) is 121 Å². The summed E-state index contributed by atoms with van der Waals surface area (Å²) in [6.45, 7) is 0. The van der Waals surface area contributed by atoms with Crippen LogP contribution in [0.4, 0.5) is 9.59 Å². The molecule has 328 valence electrons. The smallest absolute Gasteiger partial charge is 0.407 e. The molecule has 7 aromatic rings. The van der Waals surface area contributed by atoms with Crippen LogP contribution < -0.4 is 10.6 Å². The van der Waals surface area contributed by atoms with Crippen LogP contribution in [0, 0.1) is 11.8 Å². The van der Waals surface area contributed by atoms with E-state index in [9.17, 15) is 19.2 Å². The average molecular weight is 869 g/mol. The van der Waals surface area contributed by atoms with Crippen LogP contribution in [0.5, 0.6) is 0 Å². The van der Waals surface area contributed by atoms with E-state index in [2.05, 4.69) is 69.1 Å². The van der Waals surface area contributed by atoms with Gasteiger partial charge in [-0.05, 0) is 89.3 Å². The summed E-state index contributed by atoms with van der Waals surface area (Å²) in [6.07, 6.45) is 5.09. The maximum atomic E-state index is 14.3. The van der Waals surface area contributed by atoms with E-state index in [1.54, 1.807) is 0 Å². The van der Waals surface area contributed by atoms with Crippen molar-refractivity contribution in [2.75, 3.05) is 14.2 Å². The lowest BCUT2D eigenvalue weighted by molar-refractivity contribution is -0.138. The summed E-state index contributed by atoms with van der Waals surface area (Å²) in [5, 5.41) is 7.64. The van der Waals surface area contributed by atoms with Gasteiger partial charge in [0.05, 0.1) is 49.2 Å². The van der Waals surface area contributed by atoms with Gasteiger partial charge in [0, 0.05) is 17.5 Å². The predicted octanol–water partition coefficient (Wildman–Crippen LogP) is 8.68. The summed E-state index contributed by atoms with van der Waals surface area (Å²) in [4.78, 5) is 74.4. The molecule has 4 amide bonds. The number of rotatable bonds is 10. The number of alkyl carbamates (subject to hydrolysis) is 2. The molecular weight excluding hydrogens is 821 g/mol. The van der Waals surface area contributed by atoms with Crippen molar-refractivity contribution in [3.05, 3.63) is 144 Å². The minimum absolute atomic E-state index is 0.0691. The van der Waals surface area contributed by atoms with Crippen molar-refractivity contribution >= 4 is 45.8 Å². The monoisotopic (exact) mass is 868 g/mol. The molecule has 8 atom stereocenters. The normalized spacial score (nSPS) is 22.7. The number of hydrogen-bond donors (Lipinski definition) is 4. The number of fused-ring (bicyclic) bond motifs is 6. The third-order valence-electron chi connectivity index (χ3n) is 14.1. The molecule has 4 heterocycles. The Bertz CT molecular complexity index is 2950. The molecule has 0 spiro atoms. The average Bonchev–Trinajstić information content (AvgIpc) is 3.97. The highest BCUT2D eigenvalue weighted by atomic mass is 16.5. The Morgan fingerprint density at radius 3 is 1.98 bits per heavy atom. The number of carbonyl (C=O) groups is 4. The number of H-pyrrole nitrogens is 2. The van der Waals surface area contributed by atoms with Gasteiger partial charge in [0.25, 0.3) is 11.8 Å². The second-order valence-electron chi connectivity index (χ2n) is 17.7. The second kappa shape index (κ2) is 16.3. The van der Waals surface area contributed by atoms with Crippen molar-refractivity contribution in [2.24, 2.45) is 11.8 Å². The molecule has 14 nitrogen and oxygen atoms in total. The van der Waals surface area contributed by atoms with Crippen LogP contribution >= 0.6 is 0 Å². The first-order valence-electron chi connectivity index (χ1n) is 22.3. The third kappa shape index (κ3) is 7.22. The van der Waals surface area contributed by atoms with Crippen LogP contribution in [0.3, 0.4) is 0 Å². The molecule has 4 aliphatic rings. The van der Waals surface area contributed by atoms with E-state index in [4.69, 9.17) is 19.4 Å². The van der Waals surface area contributed by atoms with Gasteiger partial charge in [0.15, 0.2) is 0 Å². The number of benzene rings is 5. The number of likely N-dealkylation sites (tertiary alicyclic amines) is 2. The Hall–Kier alpha value is -7.48. The number of amides is 4. The lowest BCUT2D eigenvalue weighted by Crippen LogP contribution is -2.47. The highest BCUT2D eigenvalue weighted by Crippen LogP contribution is 2.54. The van der Waals surface area contributed by atoms with Gasteiger partial charge in [-0.3, -0.25) is 9.59 Å². The van der Waals surface area contributed by atoms with Crippen LogP contribution in [0.2, 0.25) is 0 Å². The topological polar surface area (TPSA) is 175 Å². The fourth-order valence-corrected chi connectivity index (χ4v) is 10.8. The van der Waals surface area contributed by atoms with Crippen LogP contribution in [-0.4, -0.2) is 80.0 Å². The highest BCUT2D eigenvalue weighted by molar-refractivity contribution is 6.05. The van der Waals surface area contributed by atoms with Gasteiger partial charge in [-0.15, -0.1) is 0 Å². The van der Waals surface area contributed by atoms with Gasteiger partial charge < -0.3 is 39.9 Å². The zero-order valence-corrected chi connectivity index (χ0v) is 35.9. The maximum Gasteiger partial charge on any atom is 0.407 e. The largest absolute Gasteiger partial charge is 0.453 e. The molecule has 14 heteroatoms. The Labute approximate surface area is 374 Å². The number of nitrogens with zero attached hydrogens (tertiary/aromatic N) is 4. The Morgan fingerprint density at radius 2 is 1.31 bits per heavy atom. The summed E-state index contributed by atoms with van der Waals surface area (Å²) >= 11 is 0. The molecule has 4 fully saturated rings. The number of piperidine rings is 2. The lowest BCUT2D eigenvalue weighted by atomic mass is 9.96. The number of imidazole rings is 2. The van der Waals surface area contributed by atoms with E-state index >= 15 is 0 Å². The maximum absolute atomic E-state index is 14.3. The van der Waals surface area contributed by atoms with Crippen LogP contribution in [0.1, 0.15) is 79.0 Å². The Kier molecular flexibility index (Phi) is 10.1. The fraction of sp³-hybridized carbons (Fsp3) is 0.294. The third-order valence-corrected chi connectivity index (χ3v) is 14.1. The van der Waals surface area contributed by atoms with E-state index < -0.39 is 24.3 Å². The van der Waals surface area contributed by atoms with Crippen molar-refractivity contribution in [3.63, 3.8) is 0 Å². The van der Waals surface area contributed by atoms with Gasteiger partial charge in [0.2, 0.25) is 0 Å². The van der Waals surface area contributed by atoms with E-state index in [1.165, 1.54) is 14.2 Å². The lowest BCUT2D eigenvalue weighted by Gasteiger charge is -2.36. The number of aromatic amines is 2. The van der Waals surface area contributed by atoms with Crippen molar-refractivity contribution in [3.8, 4) is 22.4 Å². The number of ether oxygens (including phenoxy) is 2. The summed E-state index contributed by atoms with van der Waals surface area (Å²) < 4.78 is 9.80. The van der Waals surface area contributed by atoms with Crippen molar-refractivity contribution in [1.29, 1.82) is 0 Å². The Balaban J connectivity index is 0.823. The molecular formula is C51H48N8O6. The highest BCUT2D eigenvalue weighted by Gasteiger charge is 2.56. The summed E-state index contributed by atoms with van der Waals surface area (Å²) in [5.41, 5.74) is 7.10. The molecule has 2 aliphatic carbocycles. The number of hydrogen-bond acceptors (Lipinski definition) is 8. The van der Waals surface area contributed by atoms with E-state index in [0.29, 0.717) is 17.0 Å². The predicted molar refractivity (Wildman–Crippen MR) is 243 cm³/mol. The summed E-state index contributed by atoms with van der Waals surface area (Å²) in [7, 11) is 2.59. The van der Waals surface area contributed by atoms with Crippen molar-refractivity contribution in [2.45, 2.75) is 68.4 Å². The van der Waals surface area contributed by atoms with Gasteiger partial charge in [0.1, 0.15) is 23.7 Å². The summed E-state index contributed by atoms with van der Waals surface area (Å²) in [5.74, 6) is 1.81. The number of aromatic nitrogens is 4. The van der Waals surface area contributed by atoms with Gasteiger partial charge in [-0.1, -0.05) is 103 Å². The summed E-state index contributed by atoms with van der Waals surface area (Å²) in [6, 6.07) is 35.4. The molecule has 11 rings (SSSR count). The fourth-order valence-electron chi connectivity index (χ4n) is 10.8. The Morgan fingerprint density at radius 1 is 0.662 bits per heavy atom. The molecule has 2 saturated carbocycles. The SMILES string of the molecule is COC(=O)N[C@@H](C(=O)N1[C@@H]2CC[C@@H](C2)[C@H]1c1ncc(-c2ccc(-c3ccc4c(ccc5nc([C@@H]6C[C@H]7C[C@H]7N6C(=O)[C@H](NC(=O)OC)c6ccccc6)[nH]c54)c3)cc2)[nH]1)c1ccccc1. The first-order chi connectivity index (χ1) is 31.8. The zero-order valence-electron chi connectivity index (χ0n) is 35.9. The molecule has 0 radical (unpaired) electrons. The standard InChI is InChI=1S/C51H48N8O6/c1-64-50(62)56-42(30-9-5-3-6-10-30)48(60)58-36-20-17-34(24-36)45(58)47-52-27-39(54-47)29-15-13-28(14-16-29)32-18-21-37-33(23-32)19-22-38-44(37)55-46(53-38)41-26-35-25-40(35)59(41)49(61)43(57-51(63)65-2)31-11-7-4-8-12-31/h3-16,18-19,21-23,27,34-36,40-43,45H,17,20,24-26H2,1-2H3,(H,52,54)(H,53,55)(H,56,62)(H,57,63)/t34-,35+,36+,40+,41-,42+,43+,45-/m0/s1. The molecule has 0 unspecified atom stereocenters. The first kappa shape index (κ1) is 40.3. The molecule has 65 heavy (non-hydrogen) atoms. The van der Waals surface area contributed by atoms with Gasteiger partial charge in [-0.25, -0.2) is 19.6 Å². The van der Waals surface area contributed by atoms with E-state index in [0.717, 1.165) is 87.9 Å². The van der Waals surface area contributed by atoms with Crippen LogP contribution in [-0.2, 0) is 19.1 Å². The minimum atomic E-state index is -0.881. The number of carbonyl (C=O) groups excluding carboxylic acids is 4. The molecule has 2 aliphatic heterocycles. The molecule has 2 aromatic heterocycles. The molecule has 4 N–H and O–H groups in total.